The number of primary amides is 1. The van der Waals surface area contributed by atoms with Crippen LogP contribution in [0, 0.1) is 0 Å². The van der Waals surface area contributed by atoms with Crippen molar-refractivity contribution in [3.63, 3.8) is 0 Å². The first-order chi connectivity index (χ1) is 17.2. The van der Waals surface area contributed by atoms with Crippen molar-refractivity contribution in [1.29, 1.82) is 0 Å². The lowest BCUT2D eigenvalue weighted by atomic mass is 9.98. The number of amides is 1. The van der Waals surface area contributed by atoms with Gasteiger partial charge >= 0.3 is 0 Å². The molecule has 2 heterocycles. The molecule has 2 rings (SSSR count). The van der Waals surface area contributed by atoms with E-state index in [4.69, 9.17) is 18.9 Å². The molecule has 0 bridgehead atoms. The Hall–Kier alpha value is -1.46. The highest BCUT2D eigenvalue weighted by atomic mass is 16.7. The number of carbonyl (C=O) groups is 2. The second-order valence-corrected chi connectivity index (χ2v) is 8.60. The zero-order chi connectivity index (χ0) is 28.2. The van der Waals surface area contributed by atoms with Crippen molar-refractivity contribution in [3.05, 3.63) is 0 Å². The first-order valence-electron chi connectivity index (χ1n) is 11.0. The van der Waals surface area contributed by atoms with Crippen LogP contribution in [0.3, 0.4) is 0 Å². The maximum Gasteiger partial charge on any atom is 0.287 e. The normalized spacial score (nSPS) is 40.0. The van der Waals surface area contributed by atoms with Crippen LogP contribution in [-0.2, 0) is 28.5 Å². The van der Waals surface area contributed by atoms with Gasteiger partial charge in [0.05, 0.1) is 19.8 Å². The van der Waals surface area contributed by atoms with E-state index in [1.165, 1.54) is 0 Å². The minimum atomic E-state index is -2.46. The fourth-order valence-electron chi connectivity index (χ4n) is 3.59. The molecule has 0 aromatic rings. The topological polar surface area (TPSA) is 320 Å². The van der Waals surface area contributed by atoms with Gasteiger partial charge in [-0.05, 0) is 0 Å². The van der Waals surface area contributed by atoms with Crippen molar-refractivity contribution >= 4 is 11.7 Å². The molecule has 1 amide bonds. The van der Waals surface area contributed by atoms with E-state index in [0.29, 0.717) is 0 Å². The molecular weight excluding hydrogens is 514 g/mol. The van der Waals surface area contributed by atoms with Crippen LogP contribution in [0.5, 0.6) is 0 Å². The van der Waals surface area contributed by atoms with Crippen LogP contribution in [0.2, 0.25) is 0 Å². The SMILES string of the molecule is NC(=O)C(=O)[C@H](O)[C@@H](O)[C@H](O)[C@H](O)CO[C@H]1O[C@H](CO[C@H]2O[C@H](CO)[C@@H](O)[C@H](O)[C@H]2O)[C@@H](O)[C@H](O)[C@H]1O. The van der Waals surface area contributed by atoms with E-state index in [1.807, 2.05) is 0 Å². The number of Topliss-reactive ketones (excluding diaryl/α,β-unsaturated/α-hetero) is 1. The molecule has 0 saturated carbocycles. The van der Waals surface area contributed by atoms with Gasteiger partial charge in [-0.25, -0.2) is 0 Å². The van der Waals surface area contributed by atoms with Gasteiger partial charge < -0.3 is 80.9 Å². The highest BCUT2D eigenvalue weighted by molar-refractivity contribution is 6.37. The zero-order valence-corrected chi connectivity index (χ0v) is 19.2. The average Bonchev–Trinajstić information content (AvgIpc) is 2.88. The summed E-state index contributed by atoms with van der Waals surface area (Å²) in [6.07, 6.45) is -26.0. The highest BCUT2D eigenvalue weighted by Crippen LogP contribution is 2.26. The van der Waals surface area contributed by atoms with Gasteiger partial charge in [-0.1, -0.05) is 0 Å². The zero-order valence-electron chi connectivity index (χ0n) is 19.2. The summed E-state index contributed by atoms with van der Waals surface area (Å²) in [5.74, 6) is -3.24. The highest BCUT2D eigenvalue weighted by Gasteiger charge is 2.48. The van der Waals surface area contributed by atoms with E-state index in [1.54, 1.807) is 0 Å². The fourth-order valence-corrected chi connectivity index (χ4v) is 3.59. The largest absolute Gasteiger partial charge is 0.394 e. The smallest absolute Gasteiger partial charge is 0.287 e. The first kappa shape index (κ1) is 31.8. The van der Waals surface area contributed by atoms with E-state index < -0.39 is 117 Å². The molecule has 18 heteroatoms. The second kappa shape index (κ2) is 13.6. The Bertz CT molecular complexity index is 756. The quantitative estimate of drug-likeness (QED) is 0.101. The molecule has 0 aromatic heterocycles. The fraction of sp³-hybridized carbons (Fsp3) is 0.895. The van der Waals surface area contributed by atoms with Gasteiger partial charge in [0.1, 0.15) is 67.1 Å². The molecule has 0 unspecified atom stereocenters. The Kier molecular flexibility index (Phi) is 11.6. The lowest BCUT2D eigenvalue weighted by Crippen LogP contribution is -2.62. The van der Waals surface area contributed by atoms with E-state index in [0.717, 1.165) is 0 Å². The Balaban J connectivity index is 1.96. The van der Waals surface area contributed by atoms with E-state index >= 15 is 0 Å². The van der Waals surface area contributed by atoms with Gasteiger partial charge in [0.25, 0.3) is 11.7 Å². The van der Waals surface area contributed by atoms with Crippen LogP contribution < -0.4 is 5.73 Å². The van der Waals surface area contributed by atoms with Crippen molar-refractivity contribution in [2.24, 2.45) is 5.73 Å². The van der Waals surface area contributed by atoms with Crippen LogP contribution in [0.25, 0.3) is 0 Å². The molecule has 2 aliphatic rings. The van der Waals surface area contributed by atoms with Gasteiger partial charge in [0.15, 0.2) is 18.7 Å². The molecule has 13 N–H and O–H groups in total. The summed E-state index contributed by atoms with van der Waals surface area (Å²) in [5.41, 5.74) is 4.68. The van der Waals surface area contributed by atoms with Gasteiger partial charge in [-0.2, -0.15) is 0 Å². The third kappa shape index (κ3) is 7.35. The standard InChI is InChI=1S/C19H33NO17/c20-17(33)14(30)13(29)10(26)7(23)4(22)2-34-18-16(32)12(28)9(25)6(37-18)3-35-19-15(31)11(27)8(24)5(1-21)36-19/h4-13,15-16,18-19,21-29,31-32H,1-3H2,(H2,20,33)/t4-,5-,6-,7-,8-,9-,10+,11+,12+,13-,15-,16-,18+,19+/m1/s1. The Labute approximate surface area is 208 Å². The Morgan fingerprint density at radius 2 is 1.22 bits per heavy atom. The van der Waals surface area contributed by atoms with Crippen LogP contribution >= 0.6 is 0 Å². The summed E-state index contributed by atoms with van der Waals surface area (Å²) in [7, 11) is 0. The molecule has 14 atom stereocenters. The molecule has 18 nitrogen and oxygen atoms in total. The van der Waals surface area contributed by atoms with Crippen molar-refractivity contribution < 1.29 is 84.7 Å². The summed E-state index contributed by atoms with van der Waals surface area (Å²) >= 11 is 0. The molecule has 2 saturated heterocycles. The van der Waals surface area contributed by atoms with E-state index in [-0.39, 0.29) is 0 Å². The number of hydrogen-bond acceptors (Lipinski definition) is 17. The lowest BCUT2D eigenvalue weighted by molar-refractivity contribution is -0.333. The van der Waals surface area contributed by atoms with Gasteiger partial charge in [0.2, 0.25) is 0 Å². The molecule has 0 spiro atoms. The number of aliphatic hydroxyl groups is 11. The Morgan fingerprint density at radius 1 is 0.730 bits per heavy atom. The monoisotopic (exact) mass is 547 g/mol. The van der Waals surface area contributed by atoms with Gasteiger partial charge in [-0.15, -0.1) is 0 Å². The van der Waals surface area contributed by atoms with Crippen molar-refractivity contribution in [2.75, 3.05) is 19.8 Å². The maximum atomic E-state index is 11.3. The molecule has 0 radical (unpaired) electrons. The second-order valence-electron chi connectivity index (χ2n) is 8.60. The van der Waals surface area contributed by atoms with Crippen molar-refractivity contribution in [2.45, 2.75) is 85.8 Å². The van der Waals surface area contributed by atoms with Crippen LogP contribution in [0.15, 0.2) is 0 Å². The van der Waals surface area contributed by atoms with Gasteiger partial charge in [-0.3, -0.25) is 9.59 Å². The Morgan fingerprint density at radius 3 is 1.73 bits per heavy atom. The average molecular weight is 547 g/mol. The molecular formula is C19H33NO17. The number of aliphatic hydroxyl groups excluding tert-OH is 11. The predicted octanol–water partition coefficient (Wildman–Crippen LogP) is -8.87. The summed E-state index contributed by atoms with van der Waals surface area (Å²) in [6, 6.07) is 0. The van der Waals surface area contributed by atoms with Crippen LogP contribution in [0.1, 0.15) is 0 Å². The summed E-state index contributed by atoms with van der Waals surface area (Å²) in [5, 5.41) is 108. The molecule has 2 fully saturated rings. The van der Waals surface area contributed by atoms with Crippen LogP contribution in [-0.4, -0.2) is 174 Å². The number of ketones is 1. The minimum absolute atomic E-state index is 0.654. The number of carbonyl (C=O) groups excluding carboxylic acids is 2. The molecule has 0 aromatic carbocycles. The first-order valence-corrected chi connectivity index (χ1v) is 11.0. The van der Waals surface area contributed by atoms with Crippen LogP contribution in [0.4, 0.5) is 0 Å². The number of nitrogens with two attached hydrogens (primary N) is 1. The van der Waals surface area contributed by atoms with Gasteiger partial charge in [0, 0.05) is 0 Å². The molecule has 216 valence electrons. The van der Waals surface area contributed by atoms with Crippen molar-refractivity contribution in [1.82, 2.24) is 0 Å². The minimum Gasteiger partial charge on any atom is -0.394 e. The van der Waals surface area contributed by atoms with E-state index in [9.17, 15) is 65.8 Å². The van der Waals surface area contributed by atoms with Crippen molar-refractivity contribution in [3.8, 4) is 0 Å². The number of rotatable bonds is 12. The third-order valence-corrected chi connectivity index (χ3v) is 5.95. The van der Waals surface area contributed by atoms with E-state index in [2.05, 4.69) is 5.73 Å². The number of hydrogen-bond donors (Lipinski definition) is 12. The summed E-state index contributed by atoms with van der Waals surface area (Å²) in [4.78, 5) is 22.1. The molecule has 0 aliphatic carbocycles. The summed E-state index contributed by atoms with van der Waals surface area (Å²) < 4.78 is 20.8. The number of ether oxygens (including phenoxy) is 4. The molecule has 37 heavy (non-hydrogen) atoms. The summed E-state index contributed by atoms with van der Waals surface area (Å²) in [6.45, 7) is -2.32. The maximum absolute atomic E-state index is 11.3. The molecule has 2 aliphatic heterocycles. The third-order valence-electron chi connectivity index (χ3n) is 5.95. The predicted molar refractivity (Wildman–Crippen MR) is 111 cm³/mol. The lowest BCUT2D eigenvalue weighted by Gasteiger charge is -2.42.